The summed E-state index contributed by atoms with van der Waals surface area (Å²) < 4.78 is 0. The minimum Gasteiger partial charge on any atom is -0.368 e. The van der Waals surface area contributed by atoms with E-state index in [1.807, 2.05) is 0 Å². The molecule has 2 unspecified atom stereocenters. The summed E-state index contributed by atoms with van der Waals surface area (Å²) in [7, 11) is 0. The fourth-order valence-electron chi connectivity index (χ4n) is 3.33. The van der Waals surface area contributed by atoms with Crippen molar-refractivity contribution in [2.45, 2.75) is 52.6 Å². The van der Waals surface area contributed by atoms with Gasteiger partial charge in [-0.25, -0.2) is 0 Å². The van der Waals surface area contributed by atoms with Crippen LogP contribution >= 0.6 is 0 Å². The van der Waals surface area contributed by atoms with Crippen LogP contribution in [0.4, 0.5) is 5.69 Å². The Kier molecular flexibility index (Phi) is 5.65. The number of nitrogens with two attached hydrogens (primary N) is 1. The number of aryl methyl sites for hydroxylation is 1. The molecule has 1 aliphatic heterocycles. The highest BCUT2D eigenvalue weighted by Gasteiger charge is 2.23. The van der Waals surface area contributed by atoms with Gasteiger partial charge in [0.25, 0.3) is 0 Å². The molecule has 0 amide bonds. The van der Waals surface area contributed by atoms with Gasteiger partial charge in [0.1, 0.15) is 0 Å². The summed E-state index contributed by atoms with van der Waals surface area (Å²) >= 11 is 0. The molecule has 1 saturated heterocycles. The Morgan fingerprint density at radius 2 is 2.05 bits per heavy atom. The van der Waals surface area contributed by atoms with Crippen molar-refractivity contribution in [1.29, 1.82) is 0 Å². The second kappa shape index (κ2) is 7.28. The van der Waals surface area contributed by atoms with Crippen molar-refractivity contribution in [3.05, 3.63) is 29.3 Å². The van der Waals surface area contributed by atoms with Crippen LogP contribution in [0.3, 0.4) is 0 Å². The topological polar surface area (TPSA) is 32.5 Å². The lowest BCUT2D eigenvalue weighted by Gasteiger charge is -2.41. The van der Waals surface area contributed by atoms with Gasteiger partial charge in [0.05, 0.1) is 0 Å². The van der Waals surface area contributed by atoms with Crippen molar-refractivity contribution in [1.82, 2.24) is 4.90 Å². The fraction of sp³-hybridized carbons (Fsp3) is 0.667. The average Bonchev–Trinajstić information content (AvgIpc) is 2.47. The average molecular weight is 289 g/mol. The Balaban J connectivity index is 2.07. The van der Waals surface area contributed by atoms with Crippen LogP contribution < -0.4 is 10.6 Å². The van der Waals surface area contributed by atoms with E-state index in [-0.39, 0.29) is 6.04 Å². The van der Waals surface area contributed by atoms with E-state index in [2.05, 4.69) is 55.7 Å². The van der Waals surface area contributed by atoms with E-state index in [1.54, 1.807) is 0 Å². The first-order valence-electron chi connectivity index (χ1n) is 8.39. The first-order valence-corrected chi connectivity index (χ1v) is 8.39. The third-order valence-corrected chi connectivity index (χ3v) is 4.80. The Bertz CT molecular complexity index is 458. The summed E-state index contributed by atoms with van der Waals surface area (Å²) in [5.41, 5.74) is 10.2. The molecule has 1 heterocycles. The monoisotopic (exact) mass is 289 g/mol. The molecular formula is C18H31N3. The maximum atomic E-state index is 6.07. The molecule has 1 aliphatic rings. The highest BCUT2D eigenvalue weighted by Crippen LogP contribution is 2.24. The molecule has 1 aromatic rings. The van der Waals surface area contributed by atoms with Crippen LogP contribution in [0, 0.1) is 6.92 Å². The van der Waals surface area contributed by atoms with Gasteiger partial charge in [0.15, 0.2) is 0 Å². The van der Waals surface area contributed by atoms with Gasteiger partial charge in [-0.2, -0.15) is 0 Å². The lowest BCUT2D eigenvalue weighted by Crippen LogP contribution is -2.51. The number of piperazine rings is 1. The summed E-state index contributed by atoms with van der Waals surface area (Å²) in [6, 6.07) is 7.79. The van der Waals surface area contributed by atoms with Crippen molar-refractivity contribution in [2.24, 2.45) is 5.73 Å². The Hall–Kier alpha value is -1.06. The molecule has 3 heteroatoms. The van der Waals surface area contributed by atoms with Crippen LogP contribution in [0.5, 0.6) is 0 Å². The van der Waals surface area contributed by atoms with Crippen molar-refractivity contribution < 1.29 is 0 Å². The van der Waals surface area contributed by atoms with Gasteiger partial charge in [-0.05, 0) is 50.4 Å². The number of hydrogen-bond acceptors (Lipinski definition) is 3. The molecule has 0 aromatic heterocycles. The molecule has 1 aromatic carbocycles. The molecule has 2 atom stereocenters. The van der Waals surface area contributed by atoms with Crippen molar-refractivity contribution >= 4 is 5.69 Å². The summed E-state index contributed by atoms with van der Waals surface area (Å²) in [5, 5.41) is 0. The number of likely N-dealkylation sites (N-methyl/N-ethyl adjacent to an activating group) is 1. The first-order chi connectivity index (χ1) is 10.0. The van der Waals surface area contributed by atoms with Gasteiger partial charge in [-0.3, -0.25) is 4.90 Å². The number of anilines is 1. The summed E-state index contributed by atoms with van der Waals surface area (Å²) in [5.74, 6) is 0. The second-order valence-corrected chi connectivity index (χ2v) is 6.42. The third kappa shape index (κ3) is 3.98. The van der Waals surface area contributed by atoms with Crippen LogP contribution in [0.25, 0.3) is 0 Å². The number of nitrogens with zero attached hydrogens (tertiary/aromatic N) is 2. The lowest BCUT2D eigenvalue weighted by molar-refractivity contribution is 0.199. The zero-order valence-electron chi connectivity index (χ0n) is 14.1. The van der Waals surface area contributed by atoms with E-state index >= 15 is 0 Å². The highest BCUT2D eigenvalue weighted by atomic mass is 15.3. The van der Waals surface area contributed by atoms with Gasteiger partial charge in [0.2, 0.25) is 0 Å². The van der Waals surface area contributed by atoms with Crippen LogP contribution in [-0.2, 0) is 6.42 Å². The lowest BCUT2D eigenvalue weighted by atomic mass is 10.0. The molecule has 0 saturated carbocycles. The normalized spacial score (nSPS) is 21.6. The molecular weight excluding hydrogens is 258 g/mol. The molecule has 0 bridgehead atoms. The van der Waals surface area contributed by atoms with E-state index < -0.39 is 0 Å². The van der Waals surface area contributed by atoms with Crippen LogP contribution in [0.2, 0.25) is 0 Å². The number of rotatable bonds is 5. The van der Waals surface area contributed by atoms with Crippen molar-refractivity contribution in [3.8, 4) is 0 Å². The summed E-state index contributed by atoms with van der Waals surface area (Å²) in [6.45, 7) is 13.5. The number of benzene rings is 1. The van der Waals surface area contributed by atoms with Crippen molar-refractivity contribution in [2.75, 3.05) is 31.1 Å². The van der Waals surface area contributed by atoms with Gasteiger partial charge in [-0.1, -0.05) is 26.0 Å². The highest BCUT2D eigenvalue weighted by molar-refractivity contribution is 5.55. The Morgan fingerprint density at radius 1 is 1.29 bits per heavy atom. The maximum absolute atomic E-state index is 6.07. The molecule has 2 N–H and O–H groups in total. The SMILES string of the molecule is CCC(N)Cc1ccc(N2CCN(CC)C(C)C2)c(C)c1. The smallest absolute Gasteiger partial charge is 0.0397 e. The van der Waals surface area contributed by atoms with Gasteiger partial charge >= 0.3 is 0 Å². The van der Waals surface area contributed by atoms with E-state index in [0.717, 1.165) is 32.5 Å². The standard InChI is InChI=1S/C18H31N3/c1-5-17(19)12-16-7-8-18(14(3)11-16)21-10-9-20(6-2)15(4)13-21/h7-8,11,15,17H,5-6,9-10,12-13,19H2,1-4H3. The molecule has 2 rings (SSSR count). The minimum atomic E-state index is 0.281. The molecule has 21 heavy (non-hydrogen) atoms. The fourth-order valence-corrected chi connectivity index (χ4v) is 3.33. The van der Waals surface area contributed by atoms with E-state index in [1.165, 1.54) is 23.4 Å². The molecule has 1 fully saturated rings. The van der Waals surface area contributed by atoms with Crippen LogP contribution in [0.1, 0.15) is 38.3 Å². The quantitative estimate of drug-likeness (QED) is 0.904. The molecule has 118 valence electrons. The van der Waals surface area contributed by atoms with E-state index in [0.29, 0.717) is 6.04 Å². The molecule has 3 nitrogen and oxygen atoms in total. The van der Waals surface area contributed by atoms with Gasteiger partial charge < -0.3 is 10.6 Å². The van der Waals surface area contributed by atoms with Crippen molar-refractivity contribution in [3.63, 3.8) is 0 Å². The summed E-state index contributed by atoms with van der Waals surface area (Å²) in [6.07, 6.45) is 2.02. The second-order valence-electron chi connectivity index (χ2n) is 6.42. The van der Waals surface area contributed by atoms with Crippen LogP contribution in [-0.4, -0.2) is 43.2 Å². The van der Waals surface area contributed by atoms with Crippen LogP contribution in [0.15, 0.2) is 18.2 Å². The Labute approximate surface area is 130 Å². The van der Waals surface area contributed by atoms with Gasteiger partial charge in [0, 0.05) is 37.4 Å². The van der Waals surface area contributed by atoms with E-state index in [9.17, 15) is 0 Å². The molecule has 0 spiro atoms. The molecule has 0 radical (unpaired) electrons. The maximum Gasteiger partial charge on any atom is 0.0397 e. The van der Waals surface area contributed by atoms with E-state index in [4.69, 9.17) is 5.73 Å². The predicted molar refractivity (Wildman–Crippen MR) is 92.1 cm³/mol. The third-order valence-electron chi connectivity index (χ3n) is 4.80. The summed E-state index contributed by atoms with van der Waals surface area (Å²) in [4.78, 5) is 5.09. The predicted octanol–water partition coefficient (Wildman–Crippen LogP) is 2.81. The Morgan fingerprint density at radius 3 is 2.62 bits per heavy atom. The number of hydrogen-bond donors (Lipinski definition) is 1. The molecule has 0 aliphatic carbocycles. The van der Waals surface area contributed by atoms with Gasteiger partial charge in [-0.15, -0.1) is 0 Å². The zero-order chi connectivity index (χ0) is 15.4. The zero-order valence-corrected chi connectivity index (χ0v) is 14.1. The largest absolute Gasteiger partial charge is 0.368 e. The minimum absolute atomic E-state index is 0.281. The first kappa shape index (κ1) is 16.3.